The summed E-state index contributed by atoms with van der Waals surface area (Å²) in [6, 6.07) is 6.10. The third-order valence-electron chi connectivity index (χ3n) is 3.60. The number of nitrogens with zero attached hydrogens (tertiary/aromatic N) is 3. The van der Waals surface area contributed by atoms with Crippen LogP contribution in [0.5, 0.6) is 0 Å². The third kappa shape index (κ3) is 2.56. The van der Waals surface area contributed by atoms with Crippen LogP contribution in [0.1, 0.15) is 42.3 Å². The molecule has 0 saturated carbocycles. The molecule has 0 N–H and O–H groups in total. The summed E-state index contributed by atoms with van der Waals surface area (Å²) in [5, 5.41) is -0.169. The van der Waals surface area contributed by atoms with Crippen LogP contribution in [-0.2, 0) is 13.0 Å². The van der Waals surface area contributed by atoms with E-state index in [1.54, 1.807) is 6.20 Å². The highest BCUT2D eigenvalue weighted by Crippen LogP contribution is 2.27. The molecule has 2 heterocycles. The number of rotatable bonds is 4. The molecule has 0 fully saturated rings. The van der Waals surface area contributed by atoms with Crippen molar-refractivity contribution in [2.24, 2.45) is 0 Å². The van der Waals surface area contributed by atoms with Crippen LogP contribution in [0.4, 0.5) is 0 Å². The average Bonchev–Trinajstić information content (AvgIpc) is 3.05. The molecule has 3 aromatic rings. The van der Waals surface area contributed by atoms with Crippen LogP contribution in [-0.4, -0.2) is 14.5 Å². The molecule has 1 unspecified atom stereocenters. The van der Waals surface area contributed by atoms with Crippen molar-refractivity contribution in [3.05, 3.63) is 47.4 Å². The monoisotopic (exact) mass is 303 g/mol. The van der Waals surface area contributed by atoms with Gasteiger partial charge in [0.05, 0.1) is 22.6 Å². The first kappa shape index (κ1) is 14.1. The van der Waals surface area contributed by atoms with Gasteiger partial charge in [0.2, 0.25) is 5.89 Å². The first-order valence-corrected chi connectivity index (χ1v) is 7.57. The van der Waals surface area contributed by atoms with Crippen LogP contribution in [0.3, 0.4) is 0 Å². The van der Waals surface area contributed by atoms with Crippen LogP contribution in [0.25, 0.3) is 11.0 Å². The van der Waals surface area contributed by atoms with E-state index < -0.39 is 0 Å². The zero-order chi connectivity index (χ0) is 15.0. The minimum atomic E-state index is -0.169. The molecule has 110 valence electrons. The molecular weight excluding hydrogens is 286 g/mol. The highest BCUT2D eigenvalue weighted by atomic mass is 35.5. The molecule has 4 nitrogen and oxygen atoms in total. The van der Waals surface area contributed by atoms with Crippen LogP contribution < -0.4 is 0 Å². The molecule has 0 amide bonds. The lowest BCUT2D eigenvalue weighted by Gasteiger charge is -2.09. The summed E-state index contributed by atoms with van der Waals surface area (Å²) in [5.74, 6) is 2.43. The van der Waals surface area contributed by atoms with E-state index in [1.165, 1.54) is 5.56 Å². The lowest BCUT2D eigenvalue weighted by Crippen LogP contribution is -2.06. The zero-order valence-electron chi connectivity index (χ0n) is 12.4. The summed E-state index contributed by atoms with van der Waals surface area (Å²) in [5.41, 5.74) is 3.22. The molecule has 0 spiro atoms. The molecule has 1 atom stereocenters. The van der Waals surface area contributed by atoms with Gasteiger partial charge in [-0.05, 0) is 25.5 Å². The third-order valence-corrected chi connectivity index (χ3v) is 3.79. The summed E-state index contributed by atoms with van der Waals surface area (Å²) in [6.45, 7) is 6.61. The summed E-state index contributed by atoms with van der Waals surface area (Å²) < 4.78 is 7.83. The van der Waals surface area contributed by atoms with Crippen molar-refractivity contribution in [1.82, 2.24) is 14.5 Å². The van der Waals surface area contributed by atoms with Crippen LogP contribution in [0, 0.1) is 6.92 Å². The Kier molecular flexibility index (Phi) is 3.72. The number of oxazole rings is 1. The summed E-state index contributed by atoms with van der Waals surface area (Å²) >= 11 is 6.30. The van der Waals surface area contributed by atoms with E-state index in [1.807, 2.05) is 26.0 Å². The molecule has 2 aromatic heterocycles. The number of benzene rings is 1. The van der Waals surface area contributed by atoms with Gasteiger partial charge in [0.1, 0.15) is 18.1 Å². The van der Waals surface area contributed by atoms with Crippen LogP contribution in [0.15, 0.2) is 28.8 Å². The molecule has 0 aliphatic rings. The zero-order valence-corrected chi connectivity index (χ0v) is 13.2. The average molecular weight is 304 g/mol. The van der Waals surface area contributed by atoms with Gasteiger partial charge in [0.15, 0.2) is 0 Å². The number of imidazole rings is 1. The number of para-hydroxylation sites is 1. The Morgan fingerprint density at radius 1 is 1.38 bits per heavy atom. The molecule has 0 bridgehead atoms. The smallest absolute Gasteiger partial charge is 0.214 e. The van der Waals surface area contributed by atoms with Crippen molar-refractivity contribution in [2.45, 2.75) is 39.1 Å². The van der Waals surface area contributed by atoms with Gasteiger partial charge < -0.3 is 8.98 Å². The van der Waals surface area contributed by atoms with Crippen molar-refractivity contribution >= 4 is 22.6 Å². The second kappa shape index (κ2) is 5.53. The number of halogens is 1. The highest BCUT2D eigenvalue weighted by molar-refractivity contribution is 6.20. The van der Waals surface area contributed by atoms with Crippen molar-refractivity contribution < 1.29 is 4.42 Å². The van der Waals surface area contributed by atoms with E-state index in [2.05, 4.69) is 27.5 Å². The molecular formula is C16H18ClN3O. The highest BCUT2D eigenvalue weighted by Gasteiger charge is 2.18. The van der Waals surface area contributed by atoms with Crippen LogP contribution >= 0.6 is 11.6 Å². The number of alkyl halides is 1. The molecule has 0 aliphatic carbocycles. The normalized spacial score (nSPS) is 13.0. The molecule has 21 heavy (non-hydrogen) atoms. The number of hydrogen-bond acceptors (Lipinski definition) is 3. The van der Waals surface area contributed by atoms with E-state index in [9.17, 15) is 0 Å². The number of fused-ring (bicyclic) bond motifs is 1. The Hall–Kier alpha value is -1.81. The maximum Gasteiger partial charge on any atom is 0.214 e. The number of hydrogen-bond donors (Lipinski definition) is 0. The lowest BCUT2D eigenvalue weighted by molar-refractivity contribution is 0.445. The Labute approximate surface area is 128 Å². The van der Waals surface area contributed by atoms with Gasteiger partial charge in [-0.2, -0.15) is 0 Å². The largest absolute Gasteiger partial charge is 0.444 e. The van der Waals surface area contributed by atoms with Crippen molar-refractivity contribution in [1.29, 1.82) is 0 Å². The molecule has 0 aliphatic heterocycles. The first-order chi connectivity index (χ1) is 10.1. The predicted octanol–water partition coefficient (Wildman–Crippen LogP) is 4.24. The van der Waals surface area contributed by atoms with E-state index in [0.717, 1.165) is 29.0 Å². The van der Waals surface area contributed by atoms with E-state index in [0.29, 0.717) is 12.4 Å². The Morgan fingerprint density at radius 3 is 2.86 bits per heavy atom. The summed E-state index contributed by atoms with van der Waals surface area (Å²) in [7, 11) is 0. The van der Waals surface area contributed by atoms with E-state index >= 15 is 0 Å². The van der Waals surface area contributed by atoms with Gasteiger partial charge in [-0.1, -0.05) is 19.1 Å². The summed E-state index contributed by atoms with van der Waals surface area (Å²) in [4.78, 5) is 9.00. The Balaban J connectivity index is 2.12. The minimum Gasteiger partial charge on any atom is -0.444 e. The lowest BCUT2D eigenvalue weighted by atomic mass is 10.2. The van der Waals surface area contributed by atoms with Crippen molar-refractivity contribution in [3.63, 3.8) is 0 Å². The van der Waals surface area contributed by atoms with Gasteiger partial charge in [-0.25, -0.2) is 9.97 Å². The fourth-order valence-electron chi connectivity index (χ4n) is 2.57. The Morgan fingerprint density at radius 2 is 2.19 bits per heavy atom. The molecule has 0 saturated heterocycles. The Bertz CT molecular complexity index is 773. The van der Waals surface area contributed by atoms with Gasteiger partial charge in [-0.3, -0.25) is 0 Å². The molecule has 0 radical (unpaired) electrons. The predicted molar refractivity (Wildman–Crippen MR) is 83.7 cm³/mol. The fourth-order valence-corrected chi connectivity index (χ4v) is 2.73. The molecule has 1 aromatic carbocycles. The minimum absolute atomic E-state index is 0.169. The second-order valence-corrected chi connectivity index (χ2v) is 5.84. The topological polar surface area (TPSA) is 43.9 Å². The van der Waals surface area contributed by atoms with Gasteiger partial charge in [0, 0.05) is 6.42 Å². The number of aromatic nitrogens is 3. The number of aryl methyl sites for hydroxylation is 2. The van der Waals surface area contributed by atoms with Crippen LogP contribution in [0.2, 0.25) is 0 Å². The second-order valence-electron chi connectivity index (χ2n) is 5.19. The quantitative estimate of drug-likeness (QED) is 0.677. The van der Waals surface area contributed by atoms with E-state index in [4.69, 9.17) is 16.0 Å². The fraction of sp³-hybridized carbons (Fsp3) is 0.375. The van der Waals surface area contributed by atoms with Crippen molar-refractivity contribution in [3.8, 4) is 0 Å². The standard InChI is InChI=1S/C16H18ClN3O/c1-4-12-8-18-14(21-12)9-20-15-10(2)6-5-7-13(15)19-16(20)11(3)17/h5-8,11H,4,9H2,1-3H3. The van der Waals surface area contributed by atoms with Crippen molar-refractivity contribution in [2.75, 3.05) is 0 Å². The van der Waals surface area contributed by atoms with E-state index in [-0.39, 0.29) is 5.38 Å². The van der Waals surface area contributed by atoms with Gasteiger partial charge in [0.25, 0.3) is 0 Å². The summed E-state index contributed by atoms with van der Waals surface area (Å²) in [6.07, 6.45) is 2.63. The first-order valence-electron chi connectivity index (χ1n) is 7.13. The molecule has 5 heteroatoms. The van der Waals surface area contributed by atoms with Gasteiger partial charge >= 0.3 is 0 Å². The maximum absolute atomic E-state index is 6.30. The SMILES string of the molecule is CCc1cnc(Cn2c(C(C)Cl)nc3cccc(C)c32)o1. The van der Waals surface area contributed by atoms with Gasteiger partial charge in [-0.15, -0.1) is 11.6 Å². The molecule has 3 rings (SSSR count). The maximum atomic E-state index is 6.30.